The van der Waals surface area contributed by atoms with E-state index in [-0.39, 0.29) is 0 Å². The van der Waals surface area contributed by atoms with E-state index < -0.39 is 0 Å². The normalized spacial score (nSPS) is 16.4. The van der Waals surface area contributed by atoms with Gasteiger partial charge in [-0.05, 0) is 44.0 Å². The molecule has 19 heavy (non-hydrogen) atoms. The zero-order chi connectivity index (χ0) is 13.3. The van der Waals surface area contributed by atoms with Gasteiger partial charge in [0.1, 0.15) is 5.75 Å². The number of ether oxygens (including phenoxy) is 2. The lowest BCUT2D eigenvalue weighted by atomic mass is 9.99. The number of anilines is 1. The second-order valence-corrected chi connectivity index (χ2v) is 5.04. The number of nitrogens with two attached hydrogens (primary N) is 1. The minimum Gasteiger partial charge on any atom is -0.493 e. The van der Waals surface area contributed by atoms with Gasteiger partial charge < -0.3 is 20.5 Å². The molecule has 1 aliphatic rings. The molecule has 0 spiro atoms. The highest BCUT2D eigenvalue weighted by molar-refractivity contribution is 5.43. The Bertz CT molecular complexity index is 365. The Labute approximate surface area is 115 Å². The Hall–Kier alpha value is -1.26. The summed E-state index contributed by atoms with van der Waals surface area (Å²) < 4.78 is 11.3. The lowest BCUT2D eigenvalue weighted by Crippen LogP contribution is -2.30. The molecule has 3 N–H and O–H groups in total. The van der Waals surface area contributed by atoms with E-state index in [1.807, 2.05) is 24.3 Å². The molecule has 0 radical (unpaired) electrons. The van der Waals surface area contributed by atoms with Crippen LogP contribution in [0.25, 0.3) is 0 Å². The molecule has 0 atom stereocenters. The number of nitrogen functional groups attached to an aromatic ring is 1. The van der Waals surface area contributed by atoms with E-state index in [1.54, 1.807) is 0 Å². The van der Waals surface area contributed by atoms with Gasteiger partial charge in [0.25, 0.3) is 0 Å². The van der Waals surface area contributed by atoms with Crippen molar-refractivity contribution in [3.05, 3.63) is 24.3 Å². The van der Waals surface area contributed by atoms with Crippen LogP contribution in [0.2, 0.25) is 0 Å². The second-order valence-electron chi connectivity index (χ2n) is 5.04. The van der Waals surface area contributed by atoms with E-state index in [0.717, 1.165) is 50.1 Å². The van der Waals surface area contributed by atoms with Crippen LogP contribution in [0.1, 0.15) is 19.3 Å². The molecule has 1 fully saturated rings. The van der Waals surface area contributed by atoms with Crippen molar-refractivity contribution in [2.24, 2.45) is 5.92 Å². The average Bonchev–Trinajstić information content (AvgIpc) is 2.44. The summed E-state index contributed by atoms with van der Waals surface area (Å²) in [6, 6.07) is 7.52. The van der Waals surface area contributed by atoms with Crippen LogP contribution in [-0.4, -0.2) is 32.9 Å². The zero-order valence-electron chi connectivity index (χ0n) is 11.4. The monoisotopic (exact) mass is 264 g/mol. The van der Waals surface area contributed by atoms with Gasteiger partial charge in [0.05, 0.1) is 6.61 Å². The van der Waals surface area contributed by atoms with Gasteiger partial charge in [-0.15, -0.1) is 0 Å². The number of hydrogen-bond donors (Lipinski definition) is 2. The predicted molar refractivity (Wildman–Crippen MR) is 77.4 cm³/mol. The third-order valence-corrected chi connectivity index (χ3v) is 3.37. The molecule has 0 aliphatic carbocycles. The molecule has 1 saturated heterocycles. The van der Waals surface area contributed by atoms with Crippen molar-refractivity contribution in [1.29, 1.82) is 0 Å². The lowest BCUT2D eigenvalue weighted by molar-refractivity contribution is 0.0789. The van der Waals surface area contributed by atoms with E-state index in [9.17, 15) is 0 Å². The molecule has 4 heteroatoms. The fraction of sp³-hybridized carbons (Fsp3) is 0.600. The second kappa shape index (κ2) is 8.02. The predicted octanol–water partition coefficient (Wildman–Crippen LogP) is 2.05. The van der Waals surface area contributed by atoms with Gasteiger partial charge >= 0.3 is 0 Å². The molecule has 0 aromatic heterocycles. The first-order chi connectivity index (χ1) is 9.34. The quantitative estimate of drug-likeness (QED) is 0.584. The van der Waals surface area contributed by atoms with Gasteiger partial charge in [0.2, 0.25) is 0 Å². The van der Waals surface area contributed by atoms with Crippen LogP contribution >= 0.6 is 0 Å². The maximum Gasteiger partial charge on any atom is 0.121 e. The average molecular weight is 264 g/mol. The molecular formula is C15H24N2O2. The van der Waals surface area contributed by atoms with Gasteiger partial charge in [0, 0.05) is 31.4 Å². The summed E-state index contributed by atoms with van der Waals surface area (Å²) in [7, 11) is 0. The van der Waals surface area contributed by atoms with Crippen LogP contribution in [0.5, 0.6) is 5.75 Å². The van der Waals surface area contributed by atoms with Crippen LogP contribution in [0.4, 0.5) is 5.69 Å². The highest BCUT2D eigenvalue weighted by Crippen LogP contribution is 2.15. The Morgan fingerprint density at radius 2 is 2.05 bits per heavy atom. The summed E-state index contributed by atoms with van der Waals surface area (Å²) in [4.78, 5) is 0. The SMILES string of the molecule is Nc1cccc(OCCCOCC2CCNCC2)c1. The summed E-state index contributed by atoms with van der Waals surface area (Å²) in [5.41, 5.74) is 6.42. The summed E-state index contributed by atoms with van der Waals surface area (Å²) >= 11 is 0. The van der Waals surface area contributed by atoms with E-state index >= 15 is 0 Å². The Morgan fingerprint density at radius 3 is 2.84 bits per heavy atom. The number of piperidine rings is 1. The molecule has 0 unspecified atom stereocenters. The summed E-state index contributed by atoms with van der Waals surface area (Å²) in [5.74, 6) is 1.56. The minimum absolute atomic E-state index is 0.676. The third kappa shape index (κ3) is 5.49. The highest BCUT2D eigenvalue weighted by atomic mass is 16.5. The molecule has 2 rings (SSSR count). The van der Waals surface area contributed by atoms with Crippen molar-refractivity contribution in [3.8, 4) is 5.75 Å². The van der Waals surface area contributed by atoms with Crippen molar-refractivity contribution in [1.82, 2.24) is 5.32 Å². The molecule has 1 heterocycles. The smallest absolute Gasteiger partial charge is 0.121 e. The van der Waals surface area contributed by atoms with Crippen molar-refractivity contribution < 1.29 is 9.47 Å². The van der Waals surface area contributed by atoms with E-state index in [4.69, 9.17) is 15.2 Å². The molecule has 4 nitrogen and oxygen atoms in total. The van der Waals surface area contributed by atoms with Crippen molar-refractivity contribution >= 4 is 5.69 Å². The topological polar surface area (TPSA) is 56.5 Å². The standard InChI is InChI=1S/C15H24N2O2/c16-14-3-1-4-15(11-14)19-10-2-9-18-12-13-5-7-17-8-6-13/h1,3-4,11,13,17H,2,5-10,12,16H2. The van der Waals surface area contributed by atoms with Crippen molar-refractivity contribution in [3.63, 3.8) is 0 Å². The molecule has 106 valence electrons. The summed E-state index contributed by atoms with van der Waals surface area (Å²) in [6.07, 6.45) is 3.39. The van der Waals surface area contributed by atoms with Crippen LogP contribution < -0.4 is 15.8 Å². The van der Waals surface area contributed by atoms with Gasteiger partial charge in [-0.2, -0.15) is 0 Å². The first-order valence-corrected chi connectivity index (χ1v) is 7.11. The fourth-order valence-electron chi connectivity index (χ4n) is 2.25. The van der Waals surface area contributed by atoms with Crippen molar-refractivity contribution in [2.45, 2.75) is 19.3 Å². The lowest BCUT2D eigenvalue weighted by Gasteiger charge is -2.22. The summed E-state index contributed by atoms with van der Waals surface area (Å²) in [5, 5.41) is 3.36. The van der Waals surface area contributed by atoms with Gasteiger partial charge in [-0.25, -0.2) is 0 Å². The number of nitrogens with one attached hydrogen (secondary N) is 1. The molecular weight excluding hydrogens is 240 g/mol. The first kappa shape index (κ1) is 14.2. The highest BCUT2D eigenvalue weighted by Gasteiger charge is 2.12. The van der Waals surface area contributed by atoms with Gasteiger partial charge in [-0.3, -0.25) is 0 Å². The van der Waals surface area contributed by atoms with Crippen LogP contribution in [0.15, 0.2) is 24.3 Å². The summed E-state index contributed by atoms with van der Waals surface area (Å²) in [6.45, 7) is 4.60. The van der Waals surface area contributed by atoms with Crippen molar-refractivity contribution in [2.75, 3.05) is 38.6 Å². The van der Waals surface area contributed by atoms with E-state index in [2.05, 4.69) is 5.32 Å². The van der Waals surface area contributed by atoms with Gasteiger partial charge in [0.15, 0.2) is 0 Å². The van der Waals surface area contributed by atoms with E-state index in [0.29, 0.717) is 6.61 Å². The van der Waals surface area contributed by atoms with E-state index in [1.165, 1.54) is 12.8 Å². The zero-order valence-corrected chi connectivity index (χ0v) is 11.4. The Morgan fingerprint density at radius 1 is 1.21 bits per heavy atom. The number of benzene rings is 1. The van der Waals surface area contributed by atoms with Crippen LogP contribution in [-0.2, 0) is 4.74 Å². The molecule has 1 aliphatic heterocycles. The minimum atomic E-state index is 0.676. The third-order valence-electron chi connectivity index (χ3n) is 3.37. The Kier molecular flexibility index (Phi) is 5.98. The maximum absolute atomic E-state index is 5.70. The number of hydrogen-bond acceptors (Lipinski definition) is 4. The largest absolute Gasteiger partial charge is 0.493 e. The molecule has 0 amide bonds. The van der Waals surface area contributed by atoms with Crippen LogP contribution in [0.3, 0.4) is 0 Å². The molecule has 1 aromatic carbocycles. The first-order valence-electron chi connectivity index (χ1n) is 7.11. The van der Waals surface area contributed by atoms with Crippen LogP contribution in [0, 0.1) is 5.92 Å². The number of rotatable bonds is 7. The fourth-order valence-corrected chi connectivity index (χ4v) is 2.25. The molecule has 0 saturated carbocycles. The molecule has 1 aromatic rings. The molecule has 0 bridgehead atoms. The Balaban J connectivity index is 1.50. The maximum atomic E-state index is 5.70. The van der Waals surface area contributed by atoms with Gasteiger partial charge in [-0.1, -0.05) is 6.07 Å².